The van der Waals surface area contributed by atoms with Crippen LogP contribution in [0.5, 0.6) is 0 Å². The number of benzene rings is 1. The maximum absolute atomic E-state index is 12.8. The Labute approximate surface area is 101 Å². The first-order valence-corrected chi connectivity index (χ1v) is 5.84. The fraction of sp³-hybridized carbons (Fsp3) is 0.200. The highest BCUT2D eigenvalue weighted by atomic mass is 35.5. The minimum absolute atomic E-state index is 0.262. The molecule has 1 heterocycles. The fourth-order valence-corrected chi connectivity index (χ4v) is 2.12. The first kappa shape index (κ1) is 11.4. The highest BCUT2D eigenvalue weighted by Crippen LogP contribution is 2.22. The highest BCUT2D eigenvalue weighted by Gasteiger charge is 2.12. The van der Waals surface area contributed by atoms with E-state index in [0.717, 1.165) is 11.3 Å². The van der Waals surface area contributed by atoms with Crippen molar-refractivity contribution in [3.63, 3.8) is 0 Å². The van der Waals surface area contributed by atoms with Crippen molar-refractivity contribution in [2.75, 3.05) is 0 Å². The molecule has 0 bridgehead atoms. The van der Waals surface area contributed by atoms with E-state index in [9.17, 15) is 4.39 Å². The molecule has 0 aliphatic rings. The predicted octanol–water partition coefficient (Wildman–Crippen LogP) is 2.57. The summed E-state index contributed by atoms with van der Waals surface area (Å²) in [6.45, 7) is 0. The molecule has 0 saturated carbocycles. The lowest BCUT2D eigenvalue weighted by Crippen LogP contribution is -2.14. The summed E-state index contributed by atoms with van der Waals surface area (Å²) in [5.41, 5.74) is 7.47. The number of hydrogen-bond acceptors (Lipinski definition) is 4. The lowest BCUT2D eigenvalue weighted by atomic mass is 10.0. The van der Waals surface area contributed by atoms with Crippen LogP contribution in [0.25, 0.3) is 0 Å². The summed E-state index contributed by atoms with van der Waals surface area (Å²) in [7, 11) is 0. The normalized spacial score (nSPS) is 12.7. The molecule has 84 valence electrons. The zero-order valence-corrected chi connectivity index (χ0v) is 9.80. The van der Waals surface area contributed by atoms with Crippen LogP contribution in [-0.2, 0) is 6.42 Å². The van der Waals surface area contributed by atoms with Gasteiger partial charge in [-0.25, -0.2) is 4.39 Å². The van der Waals surface area contributed by atoms with Gasteiger partial charge in [-0.2, -0.15) is 0 Å². The molecule has 0 amide bonds. The minimum Gasteiger partial charge on any atom is -0.322 e. The highest BCUT2D eigenvalue weighted by molar-refractivity contribution is 7.03. The van der Waals surface area contributed by atoms with Crippen molar-refractivity contribution >= 4 is 23.1 Å². The molecule has 0 fully saturated rings. The van der Waals surface area contributed by atoms with E-state index in [1.54, 1.807) is 11.4 Å². The van der Waals surface area contributed by atoms with E-state index < -0.39 is 0 Å². The lowest BCUT2D eigenvalue weighted by molar-refractivity contribution is 0.625. The average Bonchev–Trinajstić information content (AvgIpc) is 2.75. The average molecular weight is 258 g/mol. The van der Waals surface area contributed by atoms with E-state index in [1.165, 1.54) is 23.7 Å². The molecular weight excluding hydrogens is 249 g/mol. The van der Waals surface area contributed by atoms with Gasteiger partial charge >= 0.3 is 0 Å². The zero-order chi connectivity index (χ0) is 11.5. The van der Waals surface area contributed by atoms with Crippen LogP contribution in [-0.4, -0.2) is 9.59 Å². The van der Waals surface area contributed by atoms with Gasteiger partial charge in [0.15, 0.2) is 0 Å². The van der Waals surface area contributed by atoms with Crippen LogP contribution in [0.2, 0.25) is 5.02 Å². The van der Waals surface area contributed by atoms with Gasteiger partial charge in [0.2, 0.25) is 0 Å². The maximum Gasteiger partial charge on any atom is 0.124 e. The Bertz CT molecular complexity index is 475. The predicted molar refractivity (Wildman–Crippen MR) is 62.0 cm³/mol. The second-order valence-corrected chi connectivity index (χ2v) is 4.39. The molecule has 6 heteroatoms. The van der Waals surface area contributed by atoms with E-state index in [-0.39, 0.29) is 11.9 Å². The summed E-state index contributed by atoms with van der Waals surface area (Å²) < 4.78 is 16.6. The van der Waals surface area contributed by atoms with Gasteiger partial charge in [-0.1, -0.05) is 22.2 Å². The maximum atomic E-state index is 12.8. The summed E-state index contributed by atoms with van der Waals surface area (Å²) in [5, 5.41) is 6.07. The quantitative estimate of drug-likeness (QED) is 0.920. The molecule has 1 aromatic heterocycles. The number of halogens is 2. The molecule has 1 unspecified atom stereocenters. The van der Waals surface area contributed by atoms with Crippen molar-refractivity contribution in [2.45, 2.75) is 12.5 Å². The van der Waals surface area contributed by atoms with Crippen molar-refractivity contribution in [1.29, 1.82) is 0 Å². The molecule has 0 aliphatic heterocycles. The van der Waals surface area contributed by atoms with Gasteiger partial charge in [-0.05, 0) is 35.6 Å². The Hall–Kier alpha value is -1.04. The number of rotatable bonds is 3. The van der Waals surface area contributed by atoms with Crippen LogP contribution >= 0.6 is 23.1 Å². The van der Waals surface area contributed by atoms with Crippen molar-refractivity contribution in [3.8, 4) is 0 Å². The number of aromatic nitrogens is 2. The standard InChI is InChI=1S/C10H9ClFN3S/c11-8-4-7(12)2-1-6(8)3-9(13)10-5-16-15-14-10/h1-2,4-5,9H,3,13H2. The van der Waals surface area contributed by atoms with Gasteiger partial charge < -0.3 is 5.73 Å². The number of hydrogen-bond donors (Lipinski definition) is 1. The van der Waals surface area contributed by atoms with Crippen LogP contribution < -0.4 is 5.73 Å². The molecule has 16 heavy (non-hydrogen) atoms. The monoisotopic (exact) mass is 257 g/mol. The summed E-state index contributed by atoms with van der Waals surface area (Å²) in [6.07, 6.45) is 0.518. The Balaban J connectivity index is 2.15. The summed E-state index contributed by atoms with van der Waals surface area (Å²) in [5.74, 6) is -0.349. The van der Waals surface area contributed by atoms with Gasteiger partial charge in [-0.15, -0.1) is 5.10 Å². The molecule has 2 N–H and O–H groups in total. The van der Waals surface area contributed by atoms with E-state index in [4.69, 9.17) is 17.3 Å². The Kier molecular flexibility index (Phi) is 3.48. The van der Waals surface area contributed by atoms with Gasteiger partial charge in [-0.3, -0.25) is 0 Å². The lowest BCUT2D eigenvalue weighted by Gasteiger charge is -2.09. The van der Waals surface area contributed by atoms with Crippen LogP contribution in [0, 0.1) is 5.82 Å². The van der Waals surface area contributed by atoms with Gasteiger partial charge in [0.25, 0.3) is 0 Å². The van der Waals surface area contributed by atoms with E-state index in [2.05, 4.69) is 9.59 Å². The first-order chi connectivity index (χ1) is 7.66. The van der Waals surface area contributed by atoms with Gasteiger partial charge in [0, 0.05) is 10.4 Å². The fourth-order valence-electron chi connectivity index (χ4n) is 1.36. The Morgan fingerprint density at radius 1 is 1.50 bits per heavy atom. The van der Waals surface area contributed by atoms with Gasteiger partial charge in [0.1, 0.15) is 5.82 Å². The van der Waals surface area contributed by atoms with Gasteiger partial charge in [0.05, 0.1) is 11.7 Å². The largest absolute Gasteiger partial charge is 0.322 e. The SMILES string of the molecule is NC(Cc1ccc(F)cc1Cl)c1csnn1. The first-order valence-electron chi connectivity index (χ1n) is 4.63. The third-order valence-electron chi connectivity index (χ3n) is 2.21. The van der Waals surface area contributed by atoms with E-state index in [1.807, 2.05) is 0 Å². The molecule has 1 atom stereocenters. The zero-order valence-electron chi connectivity index (χ0n) is 8.23. The molecule has 3 nitrogen and oxygen atoms in total. The van der Waals surface area contributed by atoms with Crippen molar-refractivity contribution in [1.82, 2.24) is 9.59 Å². The minimum atomic E-state index is -0.349. The molecule has 0 aliphatic carbocycles. The van der Waals surface area contributed by atoms with Crippen LogP contribution in [0.15, 0.2) is 23.6 Å². The second-order valence-electron chi connectivity index (χ2n) is 3.38. The third-order valence-corrected chi connectivity index (χ3v) is 3.09. The molecular formula is C10H9ClFN3S. The van der Waals surface area contributed by atoms with Crippen LogP contribution in [0.4, 0.5) is 4.39 Å². The smallest absolute Gasteiger partial charge is 0.124 e. The number of nitrogens with two attached hydrogens (primary N) is 1. The van der Waals surface area contributed by atoms with E-state index >= 15 is 0 Å². The van der Waals surface area contributed by atoms with Crippen LogP contribution in [0.1, 0.15) is 17.3 Å². The molecule has 2 rings (SSSR count). The number of nitrogens with zero attached hydrogens (tertiary/aromatic N) is 2. The third kappa shape index (κ3) is 2.55. The molecule has 2 aromatic rings. The molecule has 0 saturated heterocycles. The summed E-state index contributed by atoms with van der Waals surface area (Å²) in [6, 6.07) is 4.02. The van der Waals surface area contributed by atoms with Crippen molar-refractivity contribution in [3.05, 3.63) is 45.7 Å². The molecule has 0 radical (unpaired) electrons. The summed E-state index contributed by atoms with van der Waals surface area (Å²) >= 11 is 7.16. The van der Waals surface area contributed by atoms with Crippen molar-refractivity contribution < 1.29 is 4.39 Å². The summed E-state index contributed by atoms with van der Waals surface area (Å²) in [4.78, 5) is 0. The van der Waals surface area contributed by atoms with Crippen molar-refractivity contribution in [2.24, 2.45) is 5.73 Å². The Morgan fingerprint density at radius 3 is 2.94 bits per heavy atom. The molecule has 1 aromatic carbocycles. The topological polar surface area (TPSA) is 51.8 Å². The van der Waals surface area contributed by atoms with E-state index in [0.29, 0.717) is 11.4 Å². The Morgan fingerprint density at radius 2 is 2.31 bits per heavy atom. The molecule has 0 spiro atoms. The van der Waals surface area contributed by atoms with Crippen LogP contribution in [0.3, 0.4) is 0 Å². The second kappa shape index (κ2) is 4.86.